The predicted octanol–water partition coefficient (Wildman–Crippen LogP) is -6.46. The Labute approximate surface area is 206 Å². The number of aliphatic hydroxyl groups is 7. The van der Waals surface area contributed by atoms with E-state index in [1.165, 1.54) is 7.11 Å². The Balaban J connectivity index is 1.69. The maximum atomic E-state index is 12.3. The Morgan fingerprint density at radius 3 is 2.19 bits per heavy atom. The van der Waals surface area contributed by atoms with Crippen molar-refractivity contribution in [2.24, 2.45) is 0 Å². The lowest BCUT2D eigenvalue weighted by atomic mass is 9.96. The number of hydrogen-bond acceptors (Lipinski definition) is 15. The number of quaternary nitrogens is 1. The summed E-state index contributed by atoms with van der Waals surface area (Å²) in [5, 5.41) is 70.9. The molecule has 210 valence electrons. The third kappa shape index (κ3) is 6.13. The van der Waals surface area contributed by atoms with Crippen molar-refractivity contribution < 1.29 is 79.4 Å². The lowest BCUT2D eigenvalue weighted by molar-refractivity contribution is -0.507. The van der Waals surface area contributed by atoms with Crippen LogP contribution in [0.25, 0.3) is 0 Å². The molecule has 3 heterocycles. The van der Waals surface area contributed by atoms with E-state index >= 15 is 0 Å². The van der Waals surface area contributed by atoms with Gasteiger partial charge in [0.2, 0.25) is 6.29 Å². The van der Waals surface area contributed by atoms with Gasteiger partial charge in [0, 0.05) is 13.5 Å². The molecule has 3 aliphatic heterocycles. The van der Waals surface area contributed by atoms with Gasteiger partial charge in [-0.05, 0) is 0 Å². The van der Waals surface area contributed by atoms with Crippen LogP contribution < -0.4 is 5.73 Å². The van der Waals surface area contributed by atoms with Crippen molar-refractivity contribution in [2.75, 3.05) is 27.4 Å². The number of ether oxygens (including phenoxy) is 7. The Morgan fingerprint density at radius 1 is 0.889 bits per heavy atom. The number of rotatable bonds is 8. The zero-order valence-electron chi connectivity index (χ0n) is 19.8. The number of methoxy groups -OCH3 is 2. The first kappa shape index (κ1) is 29.5. The normalized spacial score (nSPS) is 47.9. The number of carbonyl (C=O) groups is 1. The van der Waals surface area contributed by atoms with Gasteiger partial charge < -0.3 is 74.6 Å². The smallest absolute Gasteiger partial charge is 0.337 e. The number of carbonyl (C=O) groups excluding carboxylic acids is 1. The first-order valence-electron chi connectivity index (χ1n) is 11.4. The summed E-state index contributed by atoms with van der Waals surface area (Å²) in [4.78, 5) is 12.3. The van der Waals surface area contributed by atoms with Crippen molar-refractivity contribution in [3.05, 3.63) is 0 Å². The summed E-state index contributed by atoms with van der Waals surface area (Å²) in [6.07, 6.45) is -18.2. The lowest BCUT2D eigenvalue weighted by Crippen LogP contribution is -2.79. The minimum Gasteiger partial charge on any atom is -0.467 e. The van der Waals surface area contributed by atoms with E-state index in [9.17, 15) is 40.5 Å². The van der Waals surface area contributed by atoms with Crippen LogP contribution in [0.4, 0.5) is 0 Å². The summed E-state index contributed by atoms with van der Waals surface area (Å²) in [6, 6.07) is -1.11. The Kier molecular flexibility index (Phi) is 10.3. The van der Waals surface area contributed by atoms with E-state index < -0.39 is 98.5 Å². The van der Waals surface area contributed by atoms with Crippen molar-refractivity contribution in [3.8, 4) is 0 Å². The Morgan fingerprint density at radius 2 is 1.58 bits per heavy atom. The van der Waals surface area contributed by atoms with E-state index in [0.717, 1.165) is 7.11 Å². The number of hydrogen-bond donors (Lipinski definition) is 8. The maximum Gasteiger partial charge on any atom is 0.337 e. The second kappa shape index (κ2) is 12.6. The number of esters is 1. The fourth-order valence-corrected chi connectivity index (χ4v) is 4.28. The quantitative estimate of drug-likeness (QED) is 0.136. The Hall–Kier alpha value is -1.09. The molecule has 0 bridgehead atoms. The van der Waals surface area contributed by atoms with Gasteiger partial charge in [-0.1, -0.05) is 0 Å². The highest BCUT2D eigenvalue weighted by atomic mass is 16.7. The molecular formula is C20H36NO15+. The van der Waals surface area contributed by atoms with E-state index in [-0.39, 0.29) is 13.0 Å². The van der Waals surface area contributed by atoms with Crippen LogP contribution in [0, 0.1) is 0 Å². The van der Waals surface area contributed by atoms with Crippen LogP contribution >= 0.6 is 0 Å². The van der Waals surface area contributed by atoms with Gasteiger partial charge in [0.1, 0.15) is 48.8 Å². The first-order valence-corrected chi connectivity index (χ1v) is 11.4. The highest BCUT2D eigenvalue weighted by Crippen LogP contribution is 2.30. The highest BCUT2D eigenvalue weighted by molar-refractivity contribution is 5.75. The molecule has 10 N–H and O–H groups in total. The molecule has 0 saturated carbocycles. The lowest BCUT2D eigenvalue weighted by Gasteiger charge is -2.45. The molecule has 16 heteroatoms. The summed E-state index contributed by atoms with van der Waals surface area (Å²) in [5.74, 6) is -0.932. The maximum absolute atomic E-state index is 12.3. The molecule has 3 saturated heterocycles. The van der Waals surface area contributed by atoms with Crippen LogP contribution in [0.15, 0.2) is 0 Å². The zero-order valence-corrected chi connectivity index (χ0v) is 19.8. The average molecular weight is 531 g/mol. The SMILES string of the molecule is COC(=O)C1O[C@H](OC)C(O)[C@@H](O)[C@@H]1O[C@H]1OC(CO[C@@H]2C[C@@H](O)[C@@H](O)C(CO)O2)[C@@H](O)[C@H](O)C1[NH3+]. The molecule has 3 rings (SSSR count). The molecule has 0 aromatic carbocycles. The minimum absolute atomic E-state index is 0.133. The zero-order chi connectivity index (χ0) is 26.7. The van der Waals surface area contributed by atoms with E-state index in [1.807, 2.05) is 0 Å². The van der Waals surface area contributed by atoms with Gasteiger partial charge in [0.25, 0.3) is 0 Å². The van der Waals surface area contributed by atoms with Gasteiger partial charge in [0.15, 0.2) is 24.7 Å². The summed E-state index contributed by atoms with van der Waals surface area (Å²) in [5.41, 5.74) is 3.72. The van der Waals surface area contributed by atoms with Crippen LogP contribution in [0.3, 0.4) is 0 Å². The summed E-state index contributed by atoms with van der Waals surface area (Å²) >= 11 is 0. The molecule has 0 aromatic rings. The topological polar surface area (TPSA) is 251 Å². The van der Waals surface area contributed by atoms with Crippen LogP contribution in [-0.2, 0) is 38.0 Å². The fraction of sp³-hybridized carbons (Fsp3) is 0.950. The summed E-state index contributed by atoms with van der Waals surface area (Å²) < 4.78 is 37.3. The first-order chi connectivity index (χ1) is 17.0. The molecule has 14 atom stereocenters. The molecule has 3 fully saturated rings. The molecule has 0 radical (unpaired) electrons. The van der Waals surface area contributed by atoms with Crippen molar-refractivity contribution in [1.29, 1.82) is 0 Å². The van der Waals surface area contributed by atoms with Crippen LogP contribution in [0.5, 0.6) is 0 Å². The molecular weight excluding hydrogens is 494 g/mol. The van der Waals surface area contributed by atoms with E-state index in [4.69, 9.17) is 28.4 Å². The predicted molar refractivity (Wildman–Crippen MR) is 110 cm³/mol. The van der Waals surface area contributed by atoms with Gasteiger partial charge in [0.05, 0.1) is 26.4 Å². The van der Waals surface area contributed by atoms with E-state index in [0.29, 0.717) is 0 Å². The highest BCUT2D eigenvalue weighted by Gasteiger charge is 2.53. The third-order valence-corrected chi connectivity index (χ3v) is 6.49. The standard InChI is InChI=1S/C20H35NO15/c1-30-18(29)17-16(14(27)15(28)20(31-2)36-17)35-19-10(21)13(26)12(25)8(34-19)5-32-9-3-6(23)11(24)7(4-22)33-9/h6-17,19-20,22-28H,3-5,21H2,1-2H3/p+1/t6-,7?,8?,9+,10?,11-,12-,13-,14-,15?,16+,17?,19-,20+/m1/s1. The van der Waals surface area contributed by atoms with Gasteiger partial charge in [-0.3, -0.25) is 0 Å². The van der Waals surface area contributed by atoms with Crippen LogP contribution in [0.1, 0.15) is 6.42 Å². The molecule has 3 aliphatic rings. The fourth-order valence-electron chi connectivity index (χ4n) is 4.28. The van der Waals surface area contributed by atoms with Crippen molar-refractivity contribution in [2.45, 2.75) is 92.4 Å². The van der Waals surface area contributed by atoms with Crippen LogP contribution in [-0.4, -0.2) is 155 Å². The third-order valence-electron chi connectivity index (χ3n) is 6.49. The molecule has 0 amide bonds. The Bertz CT molecular complexity index is 717. The summed E-state index contributed by atoms with van der Waals surface area (Å²) in [6.45, 7) is -0.948. The minimum atomic E-state index is -1.69. The molecule has 16 nitrogen and oxygen atoms in total. The van der Waals surface area contributed by atoms with Gasteiger partial charge in [-0.15, -0.1) is 0 Å². The van der Waals surface area contributed by atoms with Crippen LogP contribution in [0.2, 0.25) is 0 Å². The molecule has 0 aromatic heterocycles. The molecule has 5 unspecified atom stereocenters. The second-order valence-electron chi connectivity index (χ2n) is 8.87. The van der Waals surface area contributed by atoms with Crippen molar-refractivity contribution in [3.63, 3.8) is 0 Å². The molecule has 0 spiro atoms. The number of aliphatic hydroxyl groups excluding tert-OH is 7. The largest absolute Gasteiger partial charge is 0.467 e. The van der Waals surface area contributed by atoms with Gasteiger partial charge >= 0.3 is 5.97 Å². The van der Waals surface area contributed by atoms with Gasteiger partial charge in [-0.2, -0.15) is 0 Å². The monoisotopic (exact) mass is 530 g/mol. The van der Waals surface area contributed by atoms with E-state index in [2.05, 4.69) is 10.5 Å². The second-order valence-corrected chi connectivity index (χ2v) is 8.87. The van der Waals surface area contributed by atoms with Crippen molar-refractivity contribution in [1.82, 2.24) is 0 Å². The molecule has 36 heavy (non-hydrogen) atoms. The van der Waals surface area contributed by atoms with Gasteiger partial charge in [-0.25, -0.2) is 4.79 Å². The van der Waals surface area contributed by atoms with E-state index in [1.54, 1.807) is 0 Å². The van der Waals surface area contributed by atoms with Crippen molar-refractivity contribution >= 4 is 5.97 Å². The average Bonchev–Trinajstić information content (AvgIpc) is 2.87. The summed E-state index contributed by atoms with van der Waals surface area (Å²) in [7, 11) is 2.29. The molecule has 0 aliphatic carbocycles.